The predicted octanol–water partition coefficient (Wildman–Crippen LogP) is 2.78. The Balaban J connectivity index is 2.71. The number of aryl methyl sites for hydroxylation is 1. The Bertz CT molecular complexity index is 439. The number of rotatable bonds is 7. The van der Waals surface area contributed by atoms with E-state index in [1.165, 1.54) is 5.69 Å². The lowest BCUT2D eigenvalue weighted by Gasteiger charge is -2.22. The van der Waals surface area contributed by atoms with E-state index in [1.54, 1.807) is 0 Å². The van der Waals surface area contributed by atoms with Gasteiger partial charge in [0.25, 0.3) is 0 Å². The topological polar surface area (TPSA) is 44.4 Å². The molecule has 0 unspecified atom stereocenters. The van der Waals surface area contributed by atoms with Crippen molar-refractivity contribution in [2.45, 2.75) is 40.7 Å². The summed E-state index contributed by atoms with van der Waals surface area (Å²) in [5, 5.41) is 6.06. The van der Waals surface area contributed by atoms with Gasteiger partial charge in [0.1, 0.15) is 0 Å². The van der Waals surface area contributed by atoms with Crippen molar-refractivity contribution in [3.63, 3.8) is 0 Å². The summed E-state index contributed by atoms with van der Waals surface area (Å²) < 4.78 is 0. The van der Waals surface area contributed by atoms with Crippen LogP contribution in [0.3, 0.4) is 0 Å². The van der Waals surface area contributed by atoms with Gasteiger partial charge in [0.2, 0.25) is 5.91 Å². The third-order valence-corrected chi connectivity index (χ3v) is 3.28. The molecule has 0 atom stereocenters. The van der Waals surface area contributed by atoms with Gasteiger partial charge in [-0.15, -0.1) is 0 Å². The van der Waals surface area contributed by atoms with Gasteiger partial charge in [-0.2, -0.15) is 0 Å². The number of hydrogen-bond acceptors (Lipinski definition) is 3. The molecular formula is C16H27N3O. The minimum absolute atomic E-state index is 0.00242. The minimum Gasteiger partial charge on any atom is -0.372 e. The lowest BCUT2D eigenvalue weighted by atomic mass is 10.1. The molecule has 2 N–H and O–H groups in total. The second-order valence-corrected chi connectivity index (χ2v) is 5.26. The summed E-state index contributed by atoms with van der Waals surface area (Å²) in [5.74, 6) is -0.00242. The van der Waals surface area contributed by atoms with Gasteiger partial charge in [0.05, 0.1) is 6.54 Å². The number of nitrogens with zero attached hydrogens (tertiary/aromatic N) is 1. The maximum atomic E-state index is 11.8. The quantitative estimate of drug-likeness (QED) is 0.805. The highest BCUT2D eigenvalue weighted by molar-refractivity contribution is 5.93. The Hall–Kier alpha value is -1.55. The summed E-state index contributed by atoms with van der Waals surface area (Å²) in [4.78, 5) is 14.1. The van der Waals surface area contributed by atoms with Gasteiger partial charge in [0, 0.05) is 30.5 Å². The Morgan fingerprint density at radius 1 is 1.25 bits per heavy atom. The van der Waals surface area contributed by atoms with E-state index < -0.39 is 0 Å². The lowest BCUT2D eigenvalue weighted by molar-refractivity contribution is -0.115. The molecular weight excluding hydrogens is 250 g/mol. The molecule has 0 heterocycles. The molecule has 4 heteroatoms. The molecule has 0 saturated carbocycles. The van der Waals surface area contributed by atoms with E-state index >= 15 is 0 Å². The molecule has 0 spiro atoms. The number of nitrogens with one attached hydrogen (secondary N) is 2. The van der Waals surface area contributed by atoms with Gasteiger partial charge < -0.3 is 15.5 Å². The predicted molar refractivity (Wildman–Crippen MR) is 86.5 cm³/mol. The molecule has 1 rings (SSSR count). The molecule has 0 radical (unpaired) electrons. The van der Waals surface area contributed by atoms with Crippen LogP contribution in [0.25, 0.3) is 0 Å². The summed E-state index contributed by atoms with van der Waals surface area (Å²) in [6, 6.07) is 6.48. The largest absolute Gasteiger partial charge is 0.372 e. The first-order chi connectivity index (χ1) is 9.47. The van der Waals surface area contributed by atoms with Crippen LogP contribution in [0.2, 0.25) is 0 Å². The zero-order valence-corrected chi connectivity index (χ0v) is 13.3. The molecule has 112 valence electrons. The van der Waals surface area contributed by atoms with Crippen LogP contribution < -0.4 is 15.5 Å². The van der Waals surface area contributed by atoms with E-state index in [4.69, 9.17) is 0 Å². The normalized spacial score (nSPS) is 10.7. The van der Waals surface area contributed by atoms with Crippen LogP contribution in [0.15, 0.2) is 18.2 Å². The molecule has 0 aromatic heterocycles. The van der Waals surface area contributed by atoms with Crippen molar-refractivity contribution in [1.82, 2.24) is 5.32 Å². The molecule has 1 amide bonds. The van der Waals surface area contributed by atoms with Crippen molar-refractivity contribution in [2.75, 3.05) is 29.9 Å². The van der Waals surface area contributed by atoms with E-state index in [2.05, 4.69) is 41.5 Å². The second kappa shape index (κ2) is 7.90. The zero-order chi connectivity index (χ0) is 15.1. The molecule has 0 bridgehead atoms. The third-order valence-electron chi connectivity index (χ3n) is 3.28. The van der Waals surface area contributed by atoms with Gasteiger partial charge >= 0.3 is 0 Å². The first-order valence-electron chi connectivity index (χ1n) is 7.36. The highest BCUT2D eigenvalue weighted by atomic mass is 16.1. The van der Waals surface area contributed by atoms with Crippen LogP contribution in [0.4, 0.5) is 11.4 Å². The van der Waals surface area contributed by atoms with Gasteiger partial charge in [0.15, 0.2) is 0 Å². The summed E-state index contributed by atoms with van der Waals surface area (Å²) in [5.41, 5.74) is 3.18. The van der Waals surface area contributed by atoms with Gasteiger partial charge in [-0.1, -0.05) is 13.8 Å². The van der Waals surface area contributed by atoms with Crippen molar-refractivity contribution < 1.29 is 4.79 Å². The smallest absolute Gasteiger partial charge is 0.238 e. The molecule has 0 aliphatic rings. The van der Waals surface area contributed by atoms with Crippen LogP contribution in [0.5, 0.6) is 0 Å². The number of amides is 1. The zero-order valence-electron chi connectivity index (χ0n) is 13.3. The maximum Gasteiger partial charge on any atom is 0.238 e. The summed E-state index contributed by atoms with van der Waals surface area (Å²) in [6.45, 7) is 12.7. The molecule has 4 nitrogen and oxygen atoms in total. The van der Waals surface area contributed by atoms with Gasteiger partial charge in [-0.3, -0.25) is 4.79 Å². The average molecular weight is 277 g/mol. The molecule has 0 fully saturated rings. The fourth-order valence-electron chi connectivity index (χ4n) is 2.06. The molecule has 1 aromatic rings. The van der Waals surface area contributed by atoms with Crippen LogP contribution in [-0.4, -0.2) is 31.6 Å². The SMILES string of the molecule is CCN(CC)c1ccc(NC(=O)CNC(C)C)c(C)c1. The Labute approximate surface area is 122 Å². The standard InChI is InChI=1S/C16H27N3O/c1-6-19(7-2)14-8-9-15(13(5)10-14)18-16(20)11-17-12(3)4/h8-10,12,17H,6-7,11H2,1-5H3,(H,18,20). The first-order valence-corrected chi connectivity index (χ1v) is 7.36. The van der Waals surface area contributed by atoms with E-state index in [1.807, 2.05) is 26.8 Å². The van der Waals surface area contributed by atoms with E-state index in [0.29, 0.717) is 12.6 Å². The third kappa shape index (κ3) is 4.85. The molecule has 1 aromatic carbocycles. The van der Waals surface area contributed by atoms with Crippen molar-refractivity contribution in [2.24, 2.45) is 0 Å². The highest BCUT2D eigenvalue weighted by Gasteiger charge is 2.08. The minimum atomic E-state index is -0.00242. The van der Waals surface area contributed by atoms with Crippen molar-refractivity contribution in [1.29, 1.82) is 0 Å². The summed E-state index contributed by atoms with van der Waals surface area (Å²) >= 11 is 0. The first kappa shape index (κ1) is 16.5. The average Bonchev–Trinajstić information content (AvgIpc) is 2.41. The Kier molecular flexibility index (Phi) is 6.52. The fraction of sp³-hybridized carbons (Fsp3) is 0.562. The van der Waals surface area contributed by atoms with E-state index in [0.717, 1.165) is 24.3 Å². The van der Waals surface area contributed by atoms with Crippen molar-refractivity contribution >= 4 is 17.3 Å². The van der Waals surface area contributed by atoms with Crippen LogP contribution in [-0.2, 0) is 4.79 Å². The number of hydrogen-bond donors (Lipinski definition) is 2. The monoisotopic (exact) mass is 277 g/mol. The number of carbonyl (C=O) groups excluding carboxylic acids is 1. The lowest BCUT2D eigenvalue weighted by Crippen LogP contribution is -2.32. The van der Waals surface area contributed by atoms with Crippen LogP contribution in [0.1, 0.15) is 33.3 Å². The fourth-order valence-corrected chi connectivity index (χ4v) is 2.06. The highest BCUT2D eigenvalue weighted by Crippen LogP contribution is 2.22. The molecule has 0 aliphatic heterocycles. The van der Waals surface area contributed by atoms with Crippen LogP contribution in [0, 0.1) is 6.92 Å². The van der Waals surface area contributed by atoms with E-state index in [9.17, 15) is 4.79 Å². The van der Waals surface area contributed by atoms with Gasteiger partial charge in [-0.05, 0) is 44.5 Å². The van der Waals surface area contributed by atoms with Gasteiger partial charge in [-0.25, -0.2) is 0 Å². The van der Waals surface area contributed by atoms with E-state index in [-0.39, 0.29) is 5.91 Å². The van der Waals surface area contributed by atoms with Crippen molar-refractivity contribution in [3.05, 3.63) is 23.8 Å². The number of benzene rings is 1. The number of anilines is 2. The molecule has 0 aliphatic carbocycles. The maximum absolute atomic E-state index is 11.8. The second-order valence-electron chi connectivity index (χ2n) is 5.26. The Morgan fingerprint density at radius 2 is 1.90 bits per heavy atom. The van der Waals surface area contributed by atoms with Crippen molar-refractivity contribution in [3.8, 4) is 0 Å². The number of carbonyl (C=O) groups is 1. The summed E-state index contributed by atoms with van der Waals surface area (Å²) in [7, 11) is 0. The molecule has 0 saturated heterocycles. The summed E-state index contributed by atoms with van der Waals surface area (Å²) in [6.07, 6.45) is 0. The van der Waals surface area contributed by atoms with Crippen LogP contribution >= 0.6 is 0 Å². The Morgan fingerprint density at radius 3 is 2.40 bits per heavy atom. The molecule has 20 heavy (non-hydrogen) atoms.